The van der Waals surface area contributed by atoms with Crippen molar-refractivity contribution in [2.45, 2.75) is 0 Å². The van der Waals surface area contributed by atoms with E-state index in [-0.39, 0.29) is 0 Å². The van der Waals surface area contributed by atoms with Crippen molar-refractivity contribution in [2.24, 2.45) is 0 Å². The second-order valence-corrected chi connectivity index (χ2v) is 11.6. The van der Waals surface area contributed by atoms with Crippen LogP contribution in [0.3, 0.4) is 0 Å². The van der Waals surface area contributed by atoms with Crippen molar-refractivity contribution in [1.82, 2.24) is 0 Å². The summed E-state index contributed by atoms with van der Waals surface area (Å²) in [6.45, 7) is 0. The number of benzene rings is 8. The van der Waals surface area contributed by atoms with Crippen LogP contribution in [0.15, 0.2) is 133 Å². The molecule has 0 nitrogen and oxygen atoms in total. The largest absolute Gasteiger partial charge is 0.135 e. The normalized spacial score (nSPS) is 12.1. The molecule has 0 bridgehead atoms. The predicted octanol–water partition coefficient (Wildman–Crippen LogP) is 11.4. The number of rotatable bonds is 2. The van der Waals surface area contributed by atoms with Crippen molar-refractivity contribution in [1.29, 1.82) is 0 Å². The molecule has 1 heterocycles. The molecule has 9 aromatic rings. The van der Waals surface area contributed by atoms with Crippen LogP contribution >= 0.6 is 11.3 Å². The molecule has 0 radical (unpaired) electrons. The molecule has 1 heteroatoms. The van der Waals surface area contributed by atoms with Gasteiger partial charge in [-0.3, -0.25) is 0 Å². The number of fused-ring (bicyclic) bond motifs is 4. The Kier molecular flexibility index (Phi) is 4.30. The lowest BCUT2D eigenvalue weighted by molar-refractivity contribution is 1.68. The van der Waals surface area contributed by atoms with E-state index in [1.165, 1.54) is 85.5 Å². The second kappa shape index (κ2) is 7.89. The third-order valence-electron chi connectivity index (χ3n) is 8.36. The molecule has 180 valence electrons. The van der Waals surface area contributed by atoms with Gasteiger partial charge in [-0.2, -0.15) is 0 Å². The van der Waals surface area contributed by atoms with Crippen molar-refractivity contribution in [3.8, 4) is 22.3 Å². The van der Waals surface area contributed by atoms with E-state index in [2.05, 4.69) is 133 Å². The lowest BCUT2D eigenvalue weighted by Gasteiger charge is -2.12. The molecule has 0 aliphatic rings. The fourth-order valence-corrected chi connectivity index (χ4v) is 7.72. The fraction of sp³-hybridized carbons (Fsp3) is 0. The van der Waals surface area contributed by atoms with Gasteiger partial charge in [0.1, 0.15) is 0 Å². The van der Waals surface area contributed by atoms with Crippen molar-refractivity contribution in [2.75, 3.05) is 0 Å². The van der Waals surface area contributed by atoms with Crippen molar-refractivity contribution in [3.05, 3.63) is 133 Å². The van der Waals surface area contributed by atoms with E-state index in [1.807, 2.05) is 11.3 Å². The molecule has 0 aliphatic heterocycles. The quantitative estimate of drug-likeness (QED) is 0.203. The Labute approximate surface area is 229 Å². The highest BCUT2D eigenvalue weighted by Crippen LogP contribution is 2.43. The maximum absolute atomic E-state index is 2.38. The van der Waals surface area contributed by atoms with E-state index in [0.29, 0.717) is 0 Å². The minimum absolute atomic E-state index is 1.26. The van der Waals surface area contributed by atoms with Gasteiger partial charge in [0.05, 0.1) is 0 Å². The number of hydrogen-bond donors (Lipinski definition) is 0. The molecule has 9 rings (SSSR count). The minimum Gasteiger partial charge on any atom is -0.135 e. The molecule has 0 N–H and O–H groups in total. The van der Waals surface area contributed by atoms with E-state index in [9.17, 15) is 0 Å². The molecular weight excluding hydrogens is 488 g/mol. The first kappa shape index (κ1) is 21.2. The van der Waals surface area contributed by atoms with Gasteiger partial charge in [-0.25, -0.2) is 0 Å². The highest BCUT2D eigenvalue weighted by atomic mass is 32.1. The van der Waals surface area contributed by atoms with E-state index < -0.39 is 0 Å². The molecule has 0 unspecified atom stereocenters. The highest BCUT2D eigenvalue weighted by molar-refractivity contribution is 7.26. The van der Waals surface area contributed by atoms with Gasteiger partial charge in [-0.1, -0.05) is 97.1 Å². The third-order valence-corrected chi connectivity index (χ3v) is 9.46. The van der Waals surface area contributed by atoms with Crippen molar-refractivity contribution >= 4 is 74.6 Å². The summed E-state index contributed by atoms with van der Waals surface area (Å²) in [7, 11) is 0. The zero-order chi connectivity index (χ0) is 25.5. The van der Waals surface area contributed by atoms with E-state index in [1.54, 1.807) is 0 Å². The first-order chi connectivity index (χ1) is 19.3. The highest BCUT2D eigenvalue weighted by Gasteiger charge is 2.14. The first-order valence-electron chi connectivity index (χ1n) is 13.4. The van der Waals surface area contributed by atoms with Crippen LogP contribution in [0.4, 0.5) is 0 Å². The van der Waals surface area contributed by atoms with Crippen LogP contribution < -0.4 is 0 Å². The average Bonchev–Trinajstić information content (AvgIpc) is 3.38. The Bertz CT molecular complexity index is 2390. The molecule has 0 amide bonds. The fourth-order valence-electron chi connectivity index (χ4n) is 6.51. The molecule has 0 saturated heterocycles. The summed E-state index contributed by atoms with van der Waals surface area (Å²) >= 11 is 1.90. The Morgan fingerprint density at radius 1 is 0.333 bits per heavy atom. The van der Waals surface area contributed by atoms with Crippen LogP contribution in [0.5, 0.6) is 0 Å². The number of hydrogen-bond acceptors (Lipinski definition) is 1. The third kappa shape index (κ3) is 3.11. The molecule has 0 aliphatic carbocycles. The standard InChI is InChI=1S/C38H22S/c1-2-8-31-26(6-1)21-34(33-10-4-3-9-32(31)33)27-16-13-23-12-15-25(18-29(23)19-27)30-20-28-17-14-24-7-5-11-35-37(24)38(28)36(22-30)39-35/h1-22H. The SMILES string of the molecule is c1ccc2c(c1)cc(-c1ccc3ccc(-c4cc5ccc6cccc7sc(c4)c5c67)cc3c1)c1ccccc12. The number of thiophene rings is 1. The molecule has 0 saturated carbocycles. The van der Waals surface area contributed by atoms with Crippen molar-refractivity contribution < 1.29 is 0 Å². The second-order valence-electron chi connectivity index (χ2n) is 10.6. The van der Waals surface area contributed by atoms with E-state index in [0.717, 1.165) is 0 Å². The van der Waals surface area contributed by atoms with Crippen molar-refractivity contribution in [3.63, 3.8) is 0 Å². The van der Waals surface area contributed by atoms with Crippen LogP contribution in [0.1, 0.15) is 0 Å². The first-order valence-corrected chi connectivity index (χ1v) is 14.2. The molecule has 1 aromatic heterocycles. The molecule has 0 atom stereocenters. The van der Waals surface area contributed by atoms with Gasteiger partial charge in [0.2, 0.25) is 0 Å². The van der Waals surface area contributed by atoms with Crippen LogP contribution in [0, 0.1) is 0 Å². The maximum atomic E-state index is 2.38. The Hall–Kier alpha value is -4.72. The van der Waals surface area contributed by atoms with Crippen LogP contribution in [-0.2, 0) is 0 Å². The molecule has 8 aromatic carbocycles. The predicted molar refractivity (Wildman–Crippen MR) is 171 cm³/mol. The van der Waals surface area contributed by atoms with E-state index >= 15 is 0 Å². The van der Waals surface area contributed by atoms with Gasteiger partial charge >= 0.3 is 0 Å². The Balaban J connectivity index is 1.24. The zero-order valence-corrected chi connectivity index (χ0v) is 21.9. The zero-order valence-electron chi connectivity index (χ0n) is 21.1. The lowest BCUT2D eigenvalue weighted by Crippen LogP contribution is -1.86. The molecular formula is C38H22S. The molecule has 0 fully saturated rings. The van der Waals surface area contributed by atoms with Gasteiger partial charge in [-0.05, 0) is 102 Å². The topological polar surface area (TPSA) is 0 Å². The summed E-state index contributed by atoms with van der Waals surface area (Å²) in [6, 6.07) is 49.6. The van der Waals surface area contributed by atoms with Crippen LogP contribution in [-0.4, -0.2) is 0 Å². The summed E-state index contributed by atoms with van der Waals surface area (Å²) in [5.74, 6) is 0. The van der Waals surface area contributed by atoms with Crippen LogP contribution in [0.25, 0.3) is 85.5 Å². The summed E-state index contributed by atoms with van der Waals surface area (Å²) in [5, 5.41) is 13.2. The Morgan fingerprint density at radius 3 is 1.92 bits per heavy atom. The van der Waals surface area contributed by atoms with Gasteiger partial charge in [-0.15, -0.1) is 11.3 Å². The lowest BCUT2D eigenvalue weighted by atomic mass is 9.91. The average molecular weight is 511 g/mol. The minimum atomic E-state index is 1.26. The summed E-state index contributed by atoms with van der Waals surface area (Å²) in [6.07, 6.45) is 0. The monoisotopic (exact) mass is 510 g/mol. The van der Waals surface area contributed by atoms with Gasteiger partial charge in [0.25, 0.3) is 0 Å². The molecule has 39 heavy (non-hydrogen) atoms. The summed E-state index contributed by atoms with van der Waals surface area (Å²) in [4.78, 5) is 0. The summed E-state index contributed by atoms with van der Waals surface area (Å²) < 4.78 is 2.74. The smallest absolute Gasteiger partial charge is 0.0367 e. The van der Waals surface area contributed by atoms with E-state index in [4.69, 9.17) is 0 Å². The molecule has 0 spiro atoms. The summed E-state index contributed by atoms with van der Waals surface area (Å²) in [5.41, 5.74) is 5.08. The van der Waals surface area contributed by atoms with Crippen LogP contribution in [0.2, 0.25) is 0 Å². The van der Waals surface area contributed by atoms with Gasteiger partial charge < -0.3 is 0 Å². The van der Waals surface area contributed by atoms with Gasteiger partial charge in [0.15, 0.2) is 0 Å². The maximum Gasteiger partial charge on any atom is 0.0367 e. The Morgan fingerprint density at radius 2 is 1.00 bits per heavy atom. The van der Waals surface area contributed by atoms with Gasteiger partial charge in [0, 0.05) is 20.2 Å².